The zero-order valence-electron chi connectivity index (χ0n) is 10.8. The van der Waals surface area contributed by atoms with Gasteiger partial charge in [-0.3, -0.25) is 4.79 Å². The van der Waals surface area contributed by atoms with E-state index in [9.17, 15) is 4.79 Å². The third-order valence-electron chi connectivity index (χ3n) is 3.48. The Morgan fingerprint density at radius 1 is 1.55 bits per heavy atom. The molecule has 7 nitrogen and oxygen atoms in total. The molecule has 1 aliphatic carbocycles. The minimum Gasteiger partial charge on any atom is -0.397 e. The maximum Gasteiger partial charge on any atom is 0.263 e. The van der Waals surface area contributed by atoms with E-state index in [0.29, 0.717) is 22.3 Å². The average Bonchev–Trinajstić information content (AvgIpc) is 2.98. The van der Waals surface area contributed by atoms with Crippen molar-refractivity contribution in [2.24, 2.45) is 0 Å². The van der Waals surface area contributed by atoms with E-state index in [0.717, 1.165) is 28.6 Å². The molecule has 1 saturated carbocycles. The summed E-state index contributed by atoms with van der Waals surface area (Å²) < 4.78 is 1.61. The Bertz CT molecular complexity index is 846. The predicted octanol–water partition coefficient (Wildman–Crippen LogP) is 1.12. The highest BCUT2D eigenvalue weighted by Gasteiger charge is 2.27. The normalized spacial score (nSPS) is 15.1. The van der Waals surface area contributed by atoms with Crippen molar-refractivity contribution in [3.8, 4) is 0 Å². The second-order valence-electron chi connectivity index (χ2n) is 5.00. The first kappa shape index (κ1) is 11.6. The zero-order chi connectivity index (χ0) is 13.9. The molecule has 0 radical (unpaired) electrons. The third-order valence-corrected chi connectivity index (χ3v) is 4.57. The van der Waals surface area contributed by atoms with E-state index in [1.54, 1.807) is 10.8 Å². The zero-order valence-corrected chi connectivity index (χ0v) is 11.6. The SMILES string of the molecule is Cc1c2c(N)c(C(=O)NC3CC3)sc2nn2cnnc12. The number of nitrogens with two attached hydrogens (primary N) is 1. The van der Waals surface area contributed by atoms with Gasteiger partial charge in [0.2, 0.25) is 0 Å². The van der Waals surface area contributed by atoms with Crippen molar-refractivity contribution in [1.82, 2.24) is 25.1 Å². The summed E-state index contributed by atoms with van der Waals surface area (Å²) in [7, 11) is 0. The first-order chi connectivity index (χ1) is 9.65. The molecule has 1 fully saturated rings. The van der Waals surface area contributed by atoms with E-state index in [4.69, 9.17) is 5.73 Å². The van der Waals surface area contributed by atoms with Gasteiger partial charge in [-0.15, -0.1) is 21.5 Å². The summed E-state index contributed by atoms with van der Waals surface area (Å²) in [5.41, 5.74) is 8.19. The molecule has 0 unspecified atom stereocenters. The van der Waals surface area contributed by atoms with E-state index in [-0.39, 0.29) is 5.91 Å². The number of carbonyl (C=O) groups is 1. The van der Waals surface area contributed by atoms with Crippen molar-refractivity contribution in [1.29, 1.82) is 0 Å². The molecule has 3 N–H and O–H groups in total. The molecular formula is C12H12N6OS. The first-order valence-corrected chi connectivity index (χ1v) is 7.16. The van der Waals surface area contributed by atoms with Crippen LogP contribution in [0.3, 0.4) is 0 Å². The number of anilines is 1. The Kier molecular flexibility index (Phi) is 2.25. The van der Waals surface area contributed by atoms with E-state index < -0.39 is 0 Å². The highest BCUT2D eigenvalue weighted by atomic mass is 32.1. The van der Waals surface area contributed by atoms with Gasteiger partial charge in [0.15, 0.2) is 5.65 Å². The number of aromatic nitrogens is 4. The Hall–Kier alpha value is -2.22. The lowest BCUT2D eigenvalue weighted by Crippen LogP contribution is -2.25. The lowest BCUT2D eigenvalue weighted by atomic mass is 10.2. The quantitative estimate of drug-likeness (QED) is 0.736. The number of nitrogens with one attached hydrogen (secondary N) is 1. The van der Waals surface area contributed by atoms with Crippen LogP contribution in [0, 0.1) is 6.92 Å². The molecule has 0 atom stereocenters. The standard InChI is InChI=1S/C12H12N6OS/c1-5-7-8(13)9(11(19)15-6-2-3-6)20-12(7)17-18-4-14-16-10(5)18/h4,6H,2-3,13H2,1H3,(H,15,19). The number of amides is 1. The molecule has 0 bridgehead atoms. The number of hydrogen-bond donors (Lipinski definition) is 2. The highest BCUT2D eigenvalue weighted by Crippen LogP contribution is 2.35. The van der Waals surface area contributed by atoms with Crippen molar-refractivity contribution >= 4 is 38.8 Å². The second kappa shape index (κ2) is 3.89. The number of aryl methyl sites for hydroxylation is 1. The van der Waals surface area contributed by atoms with Crippen LogP contribution in [0.25, 0.3) is 15.9 Å². The van der Waals surface area contributed by atoms with Crippen molar-refractivity contribution in [2.75, 3.05) is 5.73 Å². The van der Waals surface area contributed by atoms with E-state index in [1.807, 2.05) is 6.92 Å². The summed E-state index contributed by atoms with van der Waals surface area (Å²) in [6.45, 7) is 1.92. The molecule has 1 aliphatic rings. The molecule has 0 aromatic carbocycles. The van der Waals surface area contributed by atoms with Crippen LogP contribution in [0.5, 0.6) is 0 Å². The van der Waals surface area contributed by atoms with Crippen LogP contribution in [0.15, 0.2) is 6.33 Å². The van der Waals surface area contributed by atoms with Gasteiger partial charge in [-0.05, 0) is 19.8 Å². The molecule has 3 aromatic rings. The Labute approximate surface area is 117 Å². The molecular weight excluding hydrogens is 276 g/mol. The largest absolute Gasteiger partial charge is 0.397 e. The summed E-state index contributed by atoms with van der Waals surface area (Å²) in [4.78, 5) is 13.4. The van der Waals surface area contributed by atoms with Crippen molar-refractivity contribution in [3.63, 3.8) is 0 Å². The van der Waals surface area contributed by atoms with E-state index in [1.165, 1.54) is 11.3 Å². The Balaban J connectivity index is 1.92. The number of nitrogen functional groups attached to an aromatic ring is 1. The Morgan fingerprint density at radius 2 is 2.35 bits per heavy atom. The van der Waals surface area contributed by atoms with Crippen LogP contribution in [0.1, 0.15) is 28.1 Å². The van der Waals surface area contributed by atoms with Crippen LogP contribution in [-0.2, 0) is 0 Å². The molecule has 20 heavy (non-hydrogen) atoms. The molecule has 3 heterocycles. The lowest BCUT2D eigenvalue weighted by molar-refractivity contribution is 0.0956. The van der Waals surface area contributed by atoms with Crippen molar-refractivity contribution < 1.29 is 4.79 Å². The molecule has 8 heteroatoms. The number of nitrogens with zero attached hydrogens (tertiary/aromatic N) is 4. The van der Waals surface area contributed by atoms with Gasteiger partial charge < -0.3 is 11.1 Å². The number of fused-ring (bicyclic) bond motifs is 2. The average molecular weight is 288 g/mol. The van der Waals surface area contributed by atoms with Gasteiger partial charge in [0.25, 0.3) is 5.91 Å². The maximum absolute atomic E-state index is 12.2. The topological polar surface area (TPSA) is 98.2 Å². The molecule has 0 aliphatic heterocycles. The van der Waals surface area contributed by atoms with Crippen LogP contribution >= 0.6 is 11.3 Å². The van der Waals surface area contributed by atoms with Gasteiger partial charge in [-0.25, -0.2) is 0 Å². The van der Waals surface area contributed by atoms with Crippen molar-refractivity contribution in [3.05, 3.63) is 16.8 Å². The lowest BCUT2D eigenvalue weighted by Gasteiger charge is -2.02. The van der Waals surface area contributed by atoms with Gasteiger partial charge in [0.05, 0.1) is 5.69 Å². The second-order valence-corrected chi connectivity index (χ2v) is 6.00. The summed E-state index contributed by atoms with van der Waals surface area (Å²) in [5.74, 6) is -0.108. The predicted molar refractivity (Wildman–Crippen MR) is 75.8 cm³/mol. The number of thiophene rings is 1. The van der Waals surface area contributed by atoms with Gasteiger partial charge in [-0.2, -0.15) is 9.61 Å². The number of rotatable bonds is 2. The molecule has 4 rings (SSSR count). The summed E-state index contributed by atoms with van der Waals surface area (Å²) in [6, 6.07) is 0.308. The summed E-state index contributed by atoms with van der Waals surface area (Å²) >= 11 is 1.31. The van der Waals surface area contributed by atoms with Crippen molar-refractivity contribution in [2.45, 2.75) is 25.8 Å². The van der Waals surface area contributed by atoms with Crippen LogP contribution in [0.4, 0.5) is 5.69 Å². The van der Waals surface area contributed by atoms with Gasteiger partial charge in [0, 0.05) is 17.0 Å². The fourth-order valence-electron chi connectivity index (χ4n) is 2.27. The van der Waals surface area contributed by atoms with E-state index >= 15 is 0 Å². The first-order valence-electron chi connectivity index (χ1n) is 6.34. The number of carbonyl (C=O) groups excluding carboxylic acids is 1. The van der Waals surface area contributed by atoms with E-state index in [2.05, 4.69) is 20.6 Å². The molecule has 102 valence electrons. The molecule has 3 aromatic heterocycles. The minimum absolute atomic E-state index is 0.108. The van der Waals surface area contributed by atoms with Gasteiger partial charge in [-0.1, -0.05) is 0 Å². The number of hydrogen-bond acceptors (Lipinski definition) is 6. The maximum atomic E-state index is 12.2. The summed E-state index contributed by atoms with van der Waals surface area (Å²) in [6.07, 6.45) is 3.64. The van der Waals surface area contributed by atoms with Crippen LogP contribution in [-0.4, -0.2) is 31.8 Å². The molecule has 0 spiro atoms. The van der Waals surface area contributed by atoms with Gasteiger partial charge >= 0.3 is 0 Å². The van der Waals surface area contributed by atoms with Crippen LogP contribution in [0.2, 0.25) is 0 Å². The smallest absolute Gasteiger partial charge is 0.263 e. The summed E-state index contributed by atoms with van der Waals surface area (Å²) in [5, 5.41) is 16.0. The monoisotopic (exact) mass is 288 g/mol. The van der Waals surface area contributed by atoms with Crippen LogP contribution < -0.4 is 11.1 Å². The minimum atomic E-state index is -0.108. The Morgan fingerprint density at radius 3 is 3.10 bits per heavy atom. The van der Waals surface area contributed by atoms with Gasteiger partial charge in [0.1, 0.15) is 16.0 Å². The third kappa shape index (κ3) is 1.58. The molecule has 1 amide bonds. The fourth-order valence-corrected chi connectivity index (χ4v) is 3.32. The molecule has 0 saturated heterocycles. The highest BCUT2D eigenvalue weighted by molar-refractivity contribution is 7.21. The fraction of sp³-hybridized carbons (Fsp3) is 0.333.